The molecule has 0 aliphatic heterocycles. The molecule has 1 heterocycles. The quantitative estimate of drug-likeness (QED) is 0.906. The topological polar surface area (TPSA) is 76.0 Å². The zero-order chi connectivity index (χ0) is 16.3. The van der Waals surface area contributed by atoms with Crippen molar-refractivity contribution < 1.29 is 9.59 Å². The number of hydrogen-bond acceptors (Lipinski definition) is 3. The molecule has 0 saturated carbocycles. The summed E-state index contributed by atoms with van der Waals surface area (Å²) in [4.78, 5) is 27.1. The minimum absolute atomic E-state index is 0.232. The average molecular weight is 300 g/mol. The highest BCUT2D eigenvalue weighted by Gasteiger charge is 2.13. The van der Waals surface area contributed by atoms with Crippen LogP contribution < -0.4 is 10.6 Å². The number of rotatable bonds is 4. The Morgan fingerprint density at radius 1 is 1.18 bits per heavy atom. The Morgan fingerprint density at radius 2 is 1.82 bits per heavy atom. The molecule has 0 saturated heterocycles. The molecule has 1 aromatic carbocycles. The maximum atomic E-state index is 11.9. The lowest BCUT2D eigenvalue weighted by Crippen LogP contribution is -2.40. The van der Waals surface area contributed by atoms with Gasteiger partial charge in [-0.3, -0.25) is 9.59 Å². The second-order valence-corrected chi connectivity index (χ2v) is 5.24. The SMILES string of the molecule is CC(=O)N[C@@H](C)C(=O)Nc1ccc(-n2cnc(C)c2C)cc1. The van der Waals surface area contributed by atoms with E-state index in [0.29, 0.717) is 5.69 Å². The Kier molecular flexibility index (Phi) is 4.60. The van der Waals surface area contributed by atoms with E-state index >= 15 is 0 Å². The highest BCUT2D eigenvalue weighted by atomic mass is 16.2. The summed E-state index contributed by atoms with van der Waals surface area (Å²) >= 11 is 0. The van der Waals surface area contributed by atoms with Crippen molar-refractivity contribution in [2.45, 2.75) is 33.7 Å². The van der Waals surface area contributed by atoms with Crippen molar-refractivity contribution in [1.82, 2.24) is 14.9 Å². The van der Waals surface area contributed by atoms with Crippen molar-refractivity contribution in [2.75, 3.05) is 5.32 Å². The number of imidazole rings is 1. The molecule has 116 valence electrons. The summed E-state index contributed by atoms with van der Waals surface area (Å²) < 4.78 is 1.99. The summed E-state index contributed by atoms with van der Waals surface area (Å²) in [7, 11) is 0. The molecule has 0 aliphatic rings. The van der Waals surface area contributed by atoms with Gasteiger partial charge >= 0.3 is 0 Å². The minimum atomic E-state index is -0.573. The van der Waals surface area contributed by atoms with Crippen LogP contribution in [-0.4, -0.2) is 27.4 Å². The van der Waals surface area contributed by atoms with E-state index in [9.17, 15) is 9.59 Å². The Morgan fingerprint density at radius 3 is 2.32 bits per heavy atom. The van der Waals surface area contributed by atoms with Gasteiger partial charge in [-0.2, -0.15) is 0 Å². The van der Waals surface area contributed by atoms with E-state index in [4.69, 9.17) is 0 Å². The molecular formula is C16H20N4O2. The summed E-state index contributed by atoms with van der Waals surface area (Å²) in [5.74, 6) is -0.485. The maximum absolute atomic E-state index is 11.9. The molecule has 0 unspecified atom stereocenters. The summed E-state index contributed by atoms with van der Waals surface area (Å²) in [6, 6.07) is 6.89. The summed E-state index contributed by atoms with van der Waals surface area (Å²) in [5, 5.41) is 5.31. The summed E-state index contributed by atoms with van der Waals surface area (Å²) in [6.07, 6.45) is 1.77. The molecule has 0 radical (unpaired) electrons. The van der Waals surface area contributed by atoms with Crippen LogP contribution in [0.15, 0.2) is 30.6 Å². The van der Waals surface area contributed by atoms with Gasteiger partial charge in [0.1, 0.15) is 6.04 Å². The molecule has 0 fully saturated rings. The van der Waals surface area contributed by atoms with Gasteiger partial charge in [-0.25, -0.2) is 4.98 Å². The van der Waals surface area contributed by atoms with Gasteiger partial charge in [0.05, 0.1) is 12.0 Å². The highest BCUT2D eigenvalue weighted by molar-refractivity contribution is 5.96. The third-order valence-electron chi connectivity index (χ3n) is 3.48. The zero-order valence-corrected chi connectivity index (χ0v) is 13.2. The van der Waals surface area contributed by atoms with Gasteiger partial charge in [-0.05, 0) is 45.0 Å². The first-order chi connectivity index (χ1) is 10.4. The van der Waals surface area contributed by atoms with Crippen LogP contribution in [0.4, 0.5) is 5.69 Å². The average Bonchev–Trinajstić information content (AvgIpc) is 2.79. The second kappa shape index (κ2) is 6.43. The van der Waals surface area contributed by atoms with Crippen molar-refractivity contribution in [3.05, 3.63) is 42.0 Å². The van der Waals surface area contributed by atoms with Gasteiger partial charge in [0, 0.05) is 24.0 Å². The highest BCUT2D eigenvalue weighted by Crippen LogP contribution is 2.16. The van der Waals surface area contributed by atoms with E-state index in [-0.39, 0.29) is 11.8 Å². The summed E-state index contributed by atoms with van der Waals surface area (Å²) in [6.45, 7) is 6.99. The van der Waals surface area contributed by atoms with Gasteiger partial charge in [-0.1, -0.05) is 0 Å². The van der Waals surface area contributed by atoms with E-state index in [1.807, 2.05) is 42.7 Å². The van der Waals surface area contributed by atoms with Crippen LogP contribution >= 0.6 is 0 Å². The molecule has 6 nitrogen and oxygen atoms in total. The normalized spacial score (nSPS) is 11.8. The van der Waals surface area contributed by atoms with Crippen molar-refractivity contribution in [3.63, 3.8) is 0 Å². The van der Waals surface area contributed by atoms with Crippen LogP contribution in [-0.2, 0) is 9.59 Å². The number of carbonyl (C=O) groups excluding carboxylic acids is 2. The molecule has 6 heteroatoms. The van der Waals surface area contributed by atoms with Crippen LogP contribution in [0.1, 0.15) is 25.2 Å². The molecule has 2 N–H and O–H groups in total. The zero-order valence-electron chi connectivity index (χ0n) is 13.2. The van der Waals surface area contributed by atoms with Crippen molar-refractivity contribution in [1.29, 1.82) is 0 Å². The number of nitrogens with zero attached hydrogens (tertiary/aromatic N) is 2. The lowest BCUT2D eigenvalue weighted by molar-refractivity contribution is -0.124. The fourth-order valence-electron chi connectivity index (χ4n) is 2.09. The number of hydrogen-bond donors (Lipinski definition) is 2. The number of aromatic nitrogens is 2. The third-order valence-corrected chi connectivity index (χ3v) is 3.48. The van der Waals surface area contributed by atoms with Crippen LogP contribution in [0.2, 0.25) is 0 Å². The monoisotopic (exact) mass is 300 g/mol. The number of carbonyl (C=O) groups is 2. The van der Waals surface area contributed by atoms with E-state index in [1.165, 1.54) is 6.92 Å². The Labute approximate surface area is 129 Å². The van der Waals surface area contributed by atoms with Crippen LogP contribution in [0, 0.1) is 13.8 Å². The van der Waals surface area contributed by atoms with Crippen LogP contribution in [0.25, 0.3) is 5.69 Å². The molecule has 2 aromatic rings. The number of aryl methyl sites for hydroxylation is 1. The minimum Gasteiger partial charge on any atom is -0.345 e. The molecule has 22 heavy (non-hydrogen) atoms. The first-order valence-corrected chi connectivity index (χ1v) is 7.07. The van der Waals surface area contributed by atoms with E-state index in [1.54, 1.807) is 13.3 Å². The van der Waals surface area contributed by atoms with Crippen LogP contribution in [0.3, 0.4) is 0 Å². The molecule has 0 spiro atoms. The fourth-order valence-corrected chi connectivity index (χ4v) is 2.09. The predicted octanol–water partition coefficient (Wildman–Crippen LogP) is 1.95. The Bertz CT molecular complexity index is 689. The van der Waals surface area contributed by atoms with Crippen molar-refractivity contribution in [2.24, 2.45) is 0 Å². The first-order valence-electron chi connectivity index (χ1n) is 7.07. The number of anilines is 1. The molecule has 2 rings (SSSR count). The fraction of sp³-hybridized carbons (Fsp3) is 0.312. The Hall–Kier alpha value is -2.63. The number of benzene rings is 1. The molecule has 0 bridgehead atoms. The molecule has 2 amide bonds. The molecule has 1 aromatic heterocycles. The lowest BCUT2D eigenvalue weighted by Gasteiger charge is -2.13. The second-order valence-electron chi connectivity index (χ2n) is 5.24. The van der Waals surface area contributed by atoms with Gasteiger partial charge in [0.25, 0.3) is 0 Å². The molecular weight excluding hydrogens is 280 g/mol. The Balaban J connectivity index is 2.08. The van der Waals surface area contributed by atoms with Gasteiger partial charge in [-0.15, -0.1) is 0 Å². The largest absolute Gasteiger partial charge is 0.345 e. The van der Waals surface area contributed by atoms with Crippen LogP contribution in [0.5, 0.6) is 0 Å². The van der Waals surface area contributed by atoms with Gasteiger partial charge < -0.3 is 15.2 Å². The first kappa shape index (κ1) is 15.8. The molecule has 1 atom stereocenters. The van der Waals surface area contributed by atoms with E-state index < -0.39 is 6.04 Å². The van der Waals surface area contributed by atoms with Crippen molar-refractivity contribution >= 4 is 17.5 Å². The lowest BCUT2D eigenvalue weighted by atomic mass is 10.2. The maximum Gasteiger partial charge on any atom is 0.246 e. The third kappa shape index (κ3) is 3.52. The molecule has 0 aliphatic carbocycles. The van der Waals surface area contributed by atoms with Crippen molar-refractivity contribution in [3.8, 4) is 5.69 Å². The summed E-state index contributed by atoms with van der Waals surface area (Å²) in [5.41, 5.74) is 3.73. The van der Waals surface area contributed by atoms with Gasteiger partial charge in [0.15, 0.2) is 0 Å². The van der Waals surface area contributed by atoms with E-state index in [2.05, 4.69) is 15.6 Å². The van der Waals surface area contributed by atoms with Gasteiger partial charge in [0.2, 0.25) is 11.8 Å². The number of nitrogens with one attached hydrogen (secondary N) is 2. The van der Waals surface area contributed by atoms with E-state index in [0.717, 1.165) is 17.1 Å². The smallest absolute Gasteiger partial charge is 0.246 e. The number of amides is 2. The standard InChI is InChI=1S/C16H20N4O2/c1-10-12(3)20(9-17-10)15-7-5-14(6-8-15)19-16(22)11(2)18-13(4)21/h5-9,11H,1-4H3,(H,18,21)(H,19,22)/t11-/m0/s1. The predicted molar refractivity (Wildman–Crippen MR) is 84.9 cm³/mol.